The van der Waals surface area contributed by atoms with Crippen molar-refractivity contribution in [3.63, 3.8) is 0 Å². The molecule has 0 aromatic heterocycles. The summed E-state index contributed by atoms with van der Waals surface area (Å²) in [7, 11) is 0. The maximum atomic E-state index is 12.6. The van der Waals surface area contributed by atoms with Gasteiger partial charge in [-0.25, -0.2) is 0 Å². The first-order valence-electron chi connectivity index (χ1n) is 7.64. The van der Waals surface area contributed by atoms with Crippen LogP contribution in [0, 0.1) is 0 Å². The van der Waals surface area contributed by atoms with Gasteiger partial charge in [-0.15, -0.1) is 0 Å². The molecule has 2 atom stereocenters. The van der Waals surface area contributed by atoms with Crippen molar-refractivity contribution < 1.29 is 19.2 Å². The molecule has 0 N–H and O–H groups in total. The van der Waals surface area contributed by atoms with Crippen LogP contribution >= 0.6 is 0 Å². The standard InChI is InChI=1S/C17H24N2O3/c1-13-12-19(16(21)22,17(2,3)4)11-10-18(13)15(20)14-8-6-5-7-9-14/h5-9,13H,10-12H2,1-4H3/t13-,19?/m0/s1. The number of hydrogen-bond donors (Lipinski definition) is 0. The summed E-state index contributed by atoms with van der Waals surface area (Å²) in [5, 5.41) is 11.8. The Hall–Kier alpha value is -1.88. The molecule has 1 unspecified atom stereocenters. The second-order valence-electron chi connectivity index (χ2n) is 7.02. The van der Waals surface area contributed by atoms with Gasteiger partial charge in [-0.3, -0.25) is 9.28 Å². The van der Waals surface area contributed by atoms with Crippen LogP contribution in [0.25, 0.3) is 0 Å². The second-order valence-corrected chi connectivity index (χ2v) is 7.02. The normalized spacial score (nSPS) is 25.8. The third kappa shape index (κ3) is 2.73. The molecule has 0 bridgehead atoms. The van der Waals surface area contributed by atoms with Gasteiger partial charge in [-0.05, 0) is 39.8 Å². The fraction of sp³-hybridized carbons (Fsp3) is 0.529. The third-order valence-electron chi connectivity index (χ3n) is 4.75. The molecule has 1 saturated heterocycles. The first-order chi connectivity index (χ1) is 10.2. The molecule has 0 saturated carbocycles. The van der Waals surface area contributed by atoms with Crippen LogP contribution in [0.5, 0.6) is 0 Å². The summed E-state index contributed by atoms with van der Waals surface area (Å²) >= 11 is 0. The molecular weight excluding hydrogens is 280 g/mol. The van der Waals surface area contributed by atoms with Crippen LogP contribution in [0.4, 0.5) is 4.79 Å². The minimum absolute atomic E-state index is 0.0434. The summed E-state index contributed by atoms with van der Waals surface area (Å²) in [6.45, 7) is 8.78. The molecule has 2 amide bonds. The van der Waals surface area contributed by atoms with E-state index in [-0.39, 0.29) is 16.4 Å². The van der Waals surface area contributed by atoms with Crippen LogP contribution in [0.1, 0.15) is 38.1 Å². The minimum Gasteiger partial charge on any atom is -0.498 e. The van der Waals surface area contributed by atoms with Gasteiger partial charge < -0.3 is 14.8 Å². The van der Waals surface area contributed by atoms with Gasteiger partial charge in [0, 0.05) is 5.56 Å². The van der Waals surface area contributed by atoms with Crippen molar-refractivity contribution >= 4 is 12.0 Å². The van der Waals surface area contributed by atoms with E-state index in [9.17, 15) is 14.7 Å². The summed E-state index contributed by atoms with van der Waals surface area (Å²) < 4.78 is -0.118. The van der Waals surface area contributed by atoms with E-state index in [0.717, 1.165) is 0 Å². The SMILES string of the molecule is C[C@H]1C[N+](C(=O)[O-])(C(C)(C)C)CCN1C(=O)c1ccccc1. The molecule has 5 nitrogen and oxygen atoms in total. The van der Waals surface area contributed by atoms with Gasteiger partial charge in [0.25, 0.3) is 12.0 Å². The third-order valence-corrected chi connectivity index (χ3v) is 4.75. The Bertz CT molecular complexity index is 565. The summed E-state index contributed by atoms with van der Waals surface area (Å²) in [4.78, 5) is 26.1. The van der Waals surface area contributed by atoms with Gasteiger partial charge in [0.2, 0.25) is 0 Å². The maximum Gasteiger partial charge on any atom is 0.257 e. The Kier molecular flexibility index (Phi) is 4.29. The van der Waals surface area contributed by atoms with Gasteiger partial charge in [-0.2, -0.15) is 0 Å². The van der Waals surface area contributed by atoms with Crippen molar-refractivity contribution in [2.24, 2.45) is 0 Å². The van der Waals surface area contributed by atoms with Crippen molar-refractivity contribution in [1.29, 1.82) is 0 Å². The van der Waals surface area contributed by atoms with E-state index in [2.05, 4.69) is 0 Å². The highest BCUT2D eigenvalue weighted by Crippen LogP contribution is 2.29. The zero-order valence-electron chi connectivity index (χ0n) is 13.7. The number of rotatable bonds is 1. The molecule has 1 aliphatic heterocycles. The summed E-state index contributed by atoms with van der Waals surface area (Å²) in [5.74, 6) is -0.0434. The predicted octanol–water partition coefficient (Wildman–Crippen LogP) is 1.49. The summed E-state index contributed by atoms with van der Waals surface area (Å²) in [5.41, 5.74) is 0.174. The molecule has 1 heterocycles. The van der Waals surface area contributed by atoms with Gasteiger partial charge >= 0.3 is 0 Å². The molecule has 1 aliphatic rings. The van der Waals surface area contributed by atoms with Crippen molar-refractivity contribution in [2.45, 2.75) is 39.3 Å². The Balaban J connectivity index is 2.23. The molecule has 1 aromatic rings. The smallest absolute Gasteiger partial charge is 0.257 e. The van der Waals surface area contributed by atoms with E-state index in [1.54, 1.807) is 17.0 Å². The van der Waals surface area contributed by atoms with Gasteiger partial charge in [0.05, 0.1) is 18.1 Å². The Labute approximate surface area is 131 Å². The van der Waals surface area contributed by atoms with Crippen molar-refractivity contribution in [3.05, 3.63) is 35.9 Å². The van der Waals surface area contributed by atoms with E-state index in [1.807, 2.05) is 45.9 Å². The van der Waals surface area contributed by atoms with Crippen LogP contribution in [0.15, 0.2) is 30.3 Å². The van der Waals surface area contributed by atoms with Crippen LogP contribution in [0.3, 0.4) is 0 Å². The van der Waals surface area contributed by atoms with Gasteiger partial charge in [0.1, 0.15) is 13.1 Å². The number of amides is 2. The molecule has 120 valence electrons. The van der Waals surface area contributed by atoms with Crippen LogP contribution in [-0.4, -0.2) is 52.6 Å². The number of carbonyl (C=O) groups is 2. The first kappa shape index (κ1) is 16.5. The van der Waals surface area contributed by atoms with E-state index in [1.165, 1.54) is 0 Å². The van der Waals surface area contributed by atoms with Crippen molar-refractivity contribution in [1.82, 2.24) is 4.90 Å². The van der Waals surface area contributed by atoms with E-state index < -0.39 is 11.6 Å². The number of quaternary nitrogens is 1. The molecule has 22 heavy (non-hydrogen) atoms. The molecule has 0 spiro atoms. The average molecular weight is 304 g/mol. The minimum atomic E-state index is -1.06. The summed E-state index contributed by atoms with van der Waals surface area (Å²) in [6.07, 6.45) is -1.06. The molecule has 1 fully saturated rings. The topological polar surface area (TPSA) is 60.4 Å². The molecule has 1 aromatic carbocycles. The lowest BCUT2D eigenvalue weighted by molar-refractivity contribution is -0.925. The number of hydrogen-bond acceptors (Lipinski definition) is 3. The summed E-state index contributed by atoms with van der Waals surface area (Å²) in [6, 6.07) is 8.95. The monoisotopic (exact) mass is 304 g/mol. The van der Waals surface area contributed by atoms with Gasteiger partial charge in [-0.1, -0.05) is 18.2 Å². The largest absolute Gasteiger partial charge is 0.498 e. The lowest BCUT2D eigenvalue weighted by atomic mass is 9.97. The zero-order valence-corrected chi connectivity index (χ0v) is 13.7. The van der Waals surface area contributed by atoms with E-state index in [0.29, 0.717) is 25.2 Å². The fourth-order valence-electron chi connectivity index (χ4n) is 3.24. The lowest BCUT2D eigenvalue weighted by Crippen LogP contribution is -2.75. The highest BCUT2D eigenvalue weighted by atomic mass is 16.4. The van der Waals surface area contributed by atoms with Crippen molar-refractivity contribution in [2.75, 3.05) is 19.6 Å². The quantitative estimate of drug-likeness (QED) is 0.739. The first-order valence-corrected chi connectivity index (χ1v) is 7.64. The molecular formula is C17H24N2O3. The molecule has 5 heteroatoms. The predicted molar refractivity (Wildman–Crippen MR) is 82.1 cm³/mol. The van der Waals surface area contributed by atoms with Crippen molar-refractivity contribution in [3.8, 4) is 0 Å². The van der Waals surface area contributed by atoms with Crippen LogP contribution < -0.4 is 5.11 Å². The van der Waals surface area contributed by atoms with Crippen LogP contribution in [0.2, 0.25) is 0 Å². The Morgan fingerprint density at radius 3 is 2.27 bits per heavy atom. The average Bonchev–Trinajstić information content (AvgIpc) is 2.46. The number of carboxylic acid groups (broad SMARTS) is 1. The lowest BCUT2D eigenvalue weighted by Gasteiger charge is -2.54. The van der Waals surface area contributed by atoms with E-state index in [4.69, 9.17) is 0 Å². The van der Waals surface area contributed by atoms with Crippen LogP contribution in [-0.2, 0) is 0 Å². The zero-order chi connectivity index (χ0) is 16.5. The van der Waals surface area contributed by atoms with Gasteiger partial charge in [0.15, 0.2) is 0 Å². The number of piperazine rings is 1. The molecule has 2 rings (SSSR count). The maximum absolute atomic E-state index is 12.6. The Morgan fingerprint density at radius 2 is 1.82 bits per heavy atom. The molecule has 0 radical (unpaired) electrons. The second kappa shape index (κ2) is 5.72. The number of carbonyl (C=O) groups excluding carboxylic acids is 2. The van der Waals surface area contributed by atoms with E-state index >= 15 is 0 Å². The number of benzene rings is 1. The Morgan fingerprint density at radius 1 is 1.23 bits per heavy atom. The highest BCUT2D eigenvalue weighted by molar-refractivity contribution is 5.94. The molecule has 0 aliphatic carbocycles. The highest BCUT2D eigenvalue weighted by Gasteiger charge is 2.48. The number of nitrogens with zero attached hydrogens (tertiary/aromatic N) is 2. The fourth-order valence-corrected chi connectivity index (χ4v) is 3.24.